The van der Waals surface area contributed by atoms with Gasteiger partial charge < -0.3 is 5.32 Å². The Morgan fingerprint density at radius 2 is 1.89 bits per heavy atom. The van der Waals surface area contributed by atoms with Gasteiger partial charge in [0, 0.05) is 18.0 Å². The highest BCUT2D eigenvalue weighted by Crippen LogP contribution is 2.31. The average molecular weight is 289 g/mol. The van der Waals surface area contributed by atoms with E-state index in [9.17, 15) is 17.6 Å². The summed E-state index contributed by atoms with van der Waals surface area (Å²) in [7, 11) is 0. The number of benzene rings is 1. The first-order chi connectivity index (χ1) is 8.97. The molecule has 0 unspecified atom stereocenters. The first-order valence-corrected chi connectivity index (χ1v) is 6.43. The molecule has 1 aromatic heterocycles. The Bertz CT molecular complexity index is 534. The molecule has 19 heavy (non-hydrogen) atoms. The number of alkyl halides is 3. The van der Waals surface area contributed by atoms with Gasteiger partial charge in [0.15, 0.2) is 0 Å². The topological polar surface area (TPSA) is 12.0 Å². The second kappa shape index (κ2) is 5.71. The maximum atomic E-state index is 13.1. The highest BCUT2D eigenvalue weighted by molar-refractivity contribution is 7.09. The molecule has 6 heteroatoms. The quantitative estimate of drug-likeness (QED) is 0.832. The molecule has 0 fully saturated rings. The number of hydrogen-bond acceptors (Lipinski definition) is 2. The molecule has 2 rings (SSSR count). The van der Waals surface area contributed by atoms with Gasteiger partial charge in [0.1, 0.15) is 5.82 Å². The van der Waals surface area contributed by atoms with E-state index in [0.717, 1.165) is 17.0 Å². The number of nitrogens with one attached hydrogen (secondary N) is 1. The summed E-state index contributed by atoms with van der Waals surface area (Å²) in [5.74, 6) is -1.24. The molecule has 2 aromatic rings. The van der Waals surface area contributed by atoms with Crippen LogP contribution in [0.5, 0.6) is 0 Å². The average Bonchev–Trinajstić information content (AvgIpc) is 2.83. The Kier molecular flexibility index (Phi) is 4.21. The summed E-state index contributed by atoms with van der Waals surface area (Å²) < 4.78 is 50.6. The van der Waals surface area contributed by atoms with Crippen LogP contribution in [0.25, 0.3) is 0 Å². The van der Waals surface area contributed by atoms with E-state index in [0.29, 0.717) is 12.1 Å². The Morgan fingerprint density at radius 3 is 2.53 bits per heavy atom. The molecule has 1 N–H and O–H groups in total. The van der Waals surface area contributed by atoms with E-state index in [4.69, 9.17) is 0 Å². The van der Waals surface area contributed by atoms with Crippen LogP contribution in [0.3, 0.4) is 0 Å². The lowest BCUT2D eigenvalue weighted by atomic mass is 10.1. The largest absolute Gasteiger partial charge is 0.419 e. The molecule has 0 bridgehead atoms. The van der Waals surface area contributed by atoms with E-state index < -0.39 is 17.6 Å². The Labute approximate surface area is 111 Å². The van der Waals surface area contributed by atoms with Crippen molar-refractivity contribution in [1.82, 2.24) is 5.32 Å². The van der Waals surface area contributed by atoms with Crippen molar-refractivity contribution < 1.29 is 17.6 Å². The van der Waals surface area contributed by atoms with Gasteiger partial charge in [0.05, 0.1) is 5.56 Å². The normalized spacial score (nSPS) is 11.8. The van der Waals surface area contributed by atoms with E-state index in [1.165, 1.54) is 6.07 Å². The number of rotatable bonds is 4. The minimum absolute atomic E-state index is 0.265. The molecule has 0 radical (unpaired) electrons. The predicted molar refractivity (Wildman–Crippen MR) is 66.3 cm³/mol. The van der Waals surface area contributed by atoms with Crippen molar-refractivity contribution in [3.05, 3.63) is 57.5 Å². The highest BCUT2D eigenvalue weighted by Gasteiger charge is 2.34. The van der Waals surface area contributed by atoms with Gasteiger partial charge >= 0.3 is 6.18 Å². The summed E-state index contributed by atoms with van der Waals surface area (Å²) >= 11 is 1.57. The molecule has 102 valence electrons. The van der Waals surface area contributed by atoms with Crippen molar-refractivity contribution in [3.8, 4) is 0 Å². The van der Waals surface area contributed by atoms with Crippen LogP contribution in [0, 0.1) is 5.82 Å². The molecule has 0 saturated carbocycles. The van der Waals surface area contributed by atoms with E-state index >= 15 is 0 Å². The van der Waals surface area contributed by atoms with Gasteiger partial charge in [-0.3, -0.25) is 0 Å². The standard InChI is InChI=1S/C13H11F4NS/c14-12-4-3-9(6-11(12)13(15,16)17)7-18-8-10-2-1-5-19-10/h1-6,18H,7-8H2. The van der Waals surface area contributed by atoms with Crippen LogP contribution in [0.15, 0.2) is 35.7 Å². The summed E-state index contributed by atoms with van der Waals surface area (Å²) in [5.41, 5.74) is -0.812. The molecule has 0 spiro atoms. The minimum Gasteiger partial charge on any atom is -0.308 e. The van der Waals surface area contributed by atoms with Crippen molar-refractivity contribution in [3.63, 3.8) is 0 Å². The fourth-order valence-corrected chi connectivity index (χ4v) is 2.32. The van der Waals surface area contributed by atoms with Crippen LogP contribution in [0.2, 0.25) is 0 Å². The van der Waals surface area contributed by atoms with Gasteiger partial charge in [-0.25, -0.2) is 4.39 Å². The van der Waals surface area contributed by atoms with Crippen molar-refractivity contribution in [1.29, 1.82) is 0 Å². The van der Waals surface area contributed by atoms with Gasteiger partial charge in [-0.2, -0.15) is 13.2 Å². The van der Waals surface area contributed by atoms with Crippen LogP contribution in [-0.2, 0) is 19.3 Å². The molecule has 0 aliphatic heterocycles. The first kappa shape index (κ1) is 14.0. The van der Waals surface area contributed by atoms with Crippen LogP contribution >= 0.6 is 11.3 Å². The molecule has 0 atom stereocenters. The third kappa shape index (κ3) is 3.78. The summed E-state index contributed by atoms with van der Waals surface area (Å²) in [6.07, 6.45) is -4.66. The zero-order valence-corrected chi connectivity index (χ0v) is 10.6. The minimum atomic E-state index is -4.66. The van der Waals surface area contributed by atoms with Crippen molar-refractivity contribution in [2.24, 2.45) is 0 Å². The van der Waals surface area contributed by atoms with Gasteiger partial charge in [-0.1, -0.05) is 12.1 Å². The fraction of sp³-hybridized carbons (Fsp3) is 0.231. The van der Waals surface area contributed by atoms with E-state index in [1.54, 1.807) is 11.3 Å². The molecular formula is C13H11F4NS. The number of thiophene rings is 1. The van der Waals surface area contributed by atoms with Crippen molar-refractivity contribution in [2.75, 3.05) is 0 Å². The zero-order valence-electron chi connectivity index (χ0n) is 9.80. The van der Waals surface area contributed by atoms with Crippen LogP contribution in [0.4, 0.5) is 17.6 Å². The molecule has 1 heterocycles. The Morgan fingerprint density at radius 1 is 1.11 bits per heavy atom. The number of halogens is 4. The van der Waals surface area contributed by atoms with Gasteiger partial charge in [-0.15, -0.1) is 11.3 Å². The third-order valence-corrected chi connectivity index (χ3v) is 3.42. The van der Waals surface area contributed by atoms with E-state index in [1.807, 2.05) is 17.5 Å². The third-order valence-electron chi connectivity index (χ3n) is 2.54. The first-order valence-electron chi connectivity index (χ1n) is 5.55. The van der Waals surface area contributed by atoms with E-state index in [2.05, 4.69) is 5.32 Å². The maximum absolute atomic E-state index is 13.1. The van der Waals surface area contributed by atoms with Gasteiger partial charge in [0.2, 0.25) is 0 Å². The van der Waals surface area contributed by atoms with Crippen molar-refractivity contribution >= 4 is 11.3 Å². The highest BCUT2D eigenvalue weighted by atomic mass is 32.1. The smallest absolute Gasteiger partial charge is 0.308 e. The van der Waals surface area contributed by atoms with Crippen LogP contribution in [-0.4, -0.2) is 0 Å². The Hall–Kier alpha value is -1.40. The lowest BCUT2D eigenvalue weighted by molar-refractivity contribution is -0.140. The molecule has 0 saturated heterocycles. The molecule has 1 aromatic carbocycles. The second-order valence-corrected chi connectivity index (χ2v) is 5.03. The summed E-state index contributed by atoms with van der Waals surface area (Å²) in [5, 5.41) is 4.95. The monoisotopic (exact) mass is 289 g/mol. The van der Waals surface area contributed by atoms with Gasteiger partial charge in [0.25, 0.3) is 0 Å². The summed E-state index contributed by atoms with van der Waals surface area (Å²) in [6.45, 7) is 0.845. The van der Waals surface area contributed by atoms with Crippen molar-refractivity contribution in [2.45, 2.75) is 19.3 Å². The fourth-order valence-electron chi connectivity index (χ4n) is 1.64. The molecular weight excluding hydrogens is 278 g/mol. The second-order valence-electron chi connectivity index (χ2n) is 3.99. The Balaban J connectivity index is 2.01. The molecule has 0 aliphatic rings. The summed E-state index contributed by atoms with van der Waals surface area (Å²) in [6, 6.07) is 6.89. The summed E-state index contributed by atoms with van der Waals surface area (Å²) in [4.78, 5) is 1.10. The van der Waals surface area contributed by atoms with Gasteiger partial charge in [-0.05, 0) is 29.1 Å². The lowest BCUT2D eigenvalue weighted by Crippen LogP contribution is -2.14. The predicted octanol–water partition coefficient (Wildman–Crippen LogP) is 4.20. The van der Waals surface area contributed by atoms with E-state index in [-0.39, 0.29) is 6.54 Å². The molecule has 0 aliphatic carbocycles. The maximum Gasteiger partial charge on any atom is 0.419 e. The SMILES string of the molecule is Fc1ccc(CNCc2cccs2)cc1C(F)(F)F. The zero-order chi connectivity index (χ0) is 13.9. The molecule has 0 amide bonds. The van der Waals surface area contributed by atoms with Crippen LogP contribution < -0.4 is 5.32 Å². The molecule has 1 nitrogen and oxygen atoms in total. The lowest BCUT2D eigenvalue weighted by Gasteiger charge is -2.10. The van der Waals surface area contributed by atoms with Crippen LogP contribution in [0.1, 0.15) is 16.0 Å². The number of hydrogen-bond donors (Lipinski definition) is 1.